The summed E-state index contributed by atoms with van der Waals surface area (Å²) in [6.07, 6.45) is 4.36. The summed E-state index contributed by atoms with van der Waals surface area (Å²) < 4.78 is 5.11. The van der Waals surface area contributed by atoms with E-state index in [4.69, 9.17) is 4.74 Å². The van der Waals surface area contributed by atoms with Gasteiger partial charge < -0.3 is 4.74 Å². The van der Waals surface area contributed by atoms with Gasteiger partial charge in [-0.15, -0.1) is 0 Å². The van der Waals surface area contributed by atoms with Crippen LogP contribution in [0.4, 0.5) is 0 Å². The van der Waals surface area contributed by atoms with Crippen LogP contribution in [0.25, 0.3) is 0 Å². The van der Waals surface area contributed by atoms with E-state index in [0.29, 0.717) is 11.1 Å². The number of ketones is 1. The Morgan fingerprint density at radius 3 is 2.05 bits per heavy atom. The van der Waals surface area contributed by atoms with Gasteiger partial charge in [-0.2, -0.15) is 0 Å². The van der Waals surface area contributed by atoms with Crippen molar-refractivity contribution in [2.24, 2.45) is 0 Å². The Morgan fingerprint density at radius 1 is 0.955 bits per heavy atom. The van der Waals surface area contributed by atoms with Crippen molar-refractivity contribution in [3.8, 4) is 5.75 Å². The Balaban J connectivity index is 1.69. The standard InChI is InChI=1S/C19H19NO2/c1-22-18-10-8-17(9-11-18)19(21)16-6-4-15(5-7-16)14-20-12-2-3-13-20/h2-11H,12-14H2,1H3. The lowest BCUT2D eigenvalue weighted by Crippen LogP contribution is -2.19. The molecule has 0 aromatic heterocycles. The highest BCUT2D eigenvalue weighted by molar-refractivity contribution is 6.09. The molecule has 1 heterocycles. The second kappa shape index (κ2) is 6.58. The first-order valence-electron chi connectivity index (χ1n) is 7.41. The summed E-state index contributed by atoms with van der Waals surface area (Å²) in [7, 11) is 1.62. The zero-order chi connectivity index (χ0) is 15.4. The van der Waals surface area contributed by atoms with E-state index in [1.807, 2.05) is 36.4 Å². The third kappa shape index (κ3) is 3.26. The minimum Gasteiger partial charge on any atom is -0.497 e. The summed E-state index contributed by atoms with van der Waals surface area (Å²) in [5.74, 6) is 0.795. The molecule has 0 saturated heterocycles. The second-order valence-electron chi connectivity index (χ2n) is 5.42. The molecule has 112 valence electrons. The molecule has 0 atom stereocenters. The summed E-state index contributed by atoms with van der Waals surface area (Å²) in [5.41, 5.74) is 2.63. The van der Waals surface area contributed by atoms with E-state index in [-0.39, 0.29) is 5.78 Å². The quantitative estimate of drug-likeness (QED) is 0.626. The monoisotopic (exact) mass is 293 g/mol. The lowest BCUT2D eigenvalue weighted by molar-refractivity contribution is 0.103. The largest absolute Gasteiger partial charge is 0.497 e. The van der Waals surface area contributed by atoms with E-state index in [9.17, 15) is 4.79 Å². The minimum absolute atomic E-state index is 0.0389. The normalized spacial score (nSPS) is 14.2. The van der Waals surface area contributed by atoms with Crippen LogP contribution in [0, 0.1) is 0 Å². The van der Waals surface area contributed by atoms with Gasteiger partial charge in [-0.25, -0.2) is 0 Å². The number of methoxy groups -OCH3 is 1. The molecule has 1 aliphatic heterocycles. The highest BCUT2D eigenvalue weighted by atomic mass is 16.5. The zero-order valence-corrected chi connectivity index (χ0v) is 12.7. The van der Waals surface area contributed by atoms with Crippen LogP contribution in [0.15, 0.2) is 60.7 Å². The summed E-state index contributed by atoms with van der Waals surface area (Å²) in [4.78, 5) is 14.8. The van der Waals surface area contributed by atoms with Crippen molar-refractivity contribution in [3.63, 3.8) is 0 Å². The van der Waals surface area contributed by atoms with Gasteiger partial charge in [0.1, 0.15) is 5.75 Å². The number of ether oxygens (including phenoxy) is 1. The molecule has 22 heavy (non-hydrogen) atoms. The Hall–Kier alpha value is -2.39. The lowest BCUT2D eigenvalue weighted by atomic mass is 10.0. The maximum absolute atomic E-state index is 12.4. The van der Waals surface area contributed by atoms with E-state index in [2.05, 4.69) is 17.1 Å². The molecule has 0 bridgehead atoms. The highest BCUT2D eigenvalue weighted by Gasteiger charge is 2.10. The van der Waals surface area contributed by atoms with Gasteiger partial charge in [-0.1, -0.05) is 36.4 Å². The Kier molecular flexibility index (Phi) is 4.35. The molecule has 0 amide bonds. The summed E-state index contributed by atoms with van der Waals surface area (Å²) in [6.45, 7) is 2.93. The molecule has 2 aromatic carbocycles. The predicted octanol–water partition coefficient (Wildman–Crippen LogP) is 3.30. The maximum atomic E-state index is 12.4. The number of hydrogen-bond acceptors (Lipinski definition) is 3. The van der Waals surface area contributed by atoms with Crippen molar-refractivity contribution in [1.82, 2.24) is 4.90 Å². The predicted molar refractivity (Wildman–Crippen MR) is 87.3 cm³/mol. The second-order valence-corrected chi connectivity index (χ2v) is 5.42. The minimum atomic E-state index is 0.0389. The zero-order valence-electron chi connectivity index (χ0n) is 12.7. The molecule has 3 rings (SSSR count). The number of carbonyl (C=O) groups excluding carboxylic acids is 1. The van der Waals surface area contributed by atoms with Crippen molar-refractivity contribution in [2.75, 3.05) is 20.2 Å². The lowest BCUT2D eigenvalue weighted by Gasteiger charge is -2.14. The van der Waals surface area contributed by atoms with Crippen LogP contribution in [0.3, 0.4) is 0 Å². The van der Waals surface area contributed by atoms with E-state index >= 15 is 0 Å². The molecule has 3 heteroatoms. The molecule has 0 saturated carbocycles. The molecule has 0 unspecified atom stereocenters. The van der Waals surface area contributed by atoms with Gasteiger partial charge >= 0.3 is 0 Å². The van der Waals surface area contributed by atoms with Crippen molar-refractivity contribution in [2.45, 2.75) is 6.54 Å². The smallest absolute Gasteiger partial charge is 0.193 e. The molecule has 3 nitrogen and oxygen atoms in total. The molecule has 2 aromatic rings. The SMILES string of the molecule is COc1ccc(C(=O)c2ccc(CN3CC=CC3)cc2)cc1. The van der Waals surface area contributed by atoms with E-state index < -0.39 is 0 Å². The van der Waals surface area contributed by atoms with Gasteiger partial charge in [-0.05, 0) is 29.8 Å². The molecular formula is C19H19NO2. The van der Waals surface area contributed by atoms with E-state index in [1.54, 1.807) is 19.2 Å². The van der Waals surface area contributed by atoms with Crippen LogP contribution in [-0.2, 0) is 6.54 Å². The average molecular weight is 293 g/mol. The fourth-order valence-electron chi connectivity index (χ4n) is 2.58. The third-order valence-corrected chi connectivity index (χ3v) is 3.87. The number of carbonyl (C=O) groups is 1. The molecular weight excluding hydrogens is 274 g/mol. The van der Waals surface area contributed by atoms with E-state index in [0.717, 1.165) is 25.4 Å². The first-order valence-corrected chi connectivity index (χ1v) is 7.41. The van der Waals surface area contributed by atoms with Gasteiger partial charge in [0, 0.05) is 30.8 Å². The van der Waals surface area contributed by atoms with Crippen LogP contribution in [0.2, 0.25) is 0 Å². The van der Waals surface area contributed by atoms with Crippen LogP contribution in [0.1, 0.15) is 21.5 Å². The molecule has 0 spiro atoms. The summed E-state index contributed by atoms with van der Waals surface area (Å²) >= 11 is 0. The van der Waals surface area contributed by atoms with Crippen molar-refractivity contribution in [3.05, 3.63) is 77.4 Å². The van der Waals surface area contributed by atoms with Gasteiger partial charge in [0.2, 0.25) is 0 Å². The van der Waals surface area contributed by atoms with E-state index in [1.165, 1.54) is 5.56 Å². The van der Waals surface area contributed by atoms with Gasteiger partial charge in [0.05, 0.1) is 7.11 Å². The molecule has 0 N–H and O–H groups in total. The third-order valence-electron chi connectivity index (χ3n) is 3.87. The topological polar surface area (TPSA) is 29.5 Å². The van der Waals surface area contributed by atoms with Crippen LogP contribution < -0.4 is 4.74 Å². The Bertz CT molecular complexity index is 664. The fraction of sp³-hybridized carbons (Fsp3) is 0.211. The van der Waals surface area contributed by atoms with Crippen molar-refractivity contribution in [1.29, 1.82) is 0 Å². The summed E-state index contributed by atoms with van der Waals surface area (Å²) in [6, 6.07) is 15.1. The maximum Gasteiger partial charge on any atom is 0.193 e. The van der Waals surface area contributed by atoms with Gasteiger partial charge in [0.25, 0.3) is 0 Å². The van der Waals surface area contributed by atoms with Crippen molar-refractivity contribution >= 4 is 5.78 Å². The first kappa shape index (κ1) is 14.5. The van der Waals surface area contributed by atoms with Crippen LogP contribution in [0.5, 0.6) is 5.75 Å². The molecule has 0 fully saturated rings. The number of benzene rings is 2. The Morgan fingerprint density at radius 2 is 1.50 bits per heavy atom. The number of nitrogens with zero attached hydrogens (tertiary/aromatic N) is 1. The van der Waals surface area contributed by atoms with Crippen molar-refractivity contribution < 1.29 is 9.53 Å². The fourth-order valence-corrected chi connectivity index (χ4v) is 2.58. The highest BCUT2D eigenvalue weighted by Crippen LogP contribution is 2.16. The molecule has 0 aliphatic carbocycles. The van der Waals surface area contributed by atoms with Crippen LogP contribution >= 0.6 is 0 Å². The molecule has 0 radical (unpaired) electrons. The van der Waals surface area contributed by atoms with Gasteiger partial charge in [0.15, 0.2) is 5.78 Å². The Labute approximate surface area is 130 Å². The summed E-state index contributed by atoms with van der Waals surface area (Å²) in [5, 5.41) is 0. The number of hydrogen-bond donors (Lipinski definition) is 0. The average Bonchev–Trinajstić information content (AvgIpc) is 3.08. The number of rotatable bonds is 5. The van der Waals surface area contributed by atoms with Gasteiger partial charge in [-0.3, -0.25) is 9.69 Å². The first-order chi connectivity index (χ1) is 10.8. The molecule has 1 aliphatic rings. The van der Waals surface area contributed by atoms with Crippen LogP contribution in [-0.4, -0.2) is 30.9 Å².